The van der Waals surface area contributed by atoms with Gasteiger partial charge in [-0.3, -0.25) is 0 Å². The summed E-state index contributed by atoms with van der Waals surface area (Å²) in [5.74, 6) is 24.2. The van der Waals surface area contributed by atoms with Crippen molar-refractivity contribution < 1.29 is 13.3 Å². The molecule has 0 saturated carbocycles. The van der Waals surface area contributed by atoms with Crippen molar-refractivity contribution in [3.05, 3.63) is 239 Å². The van der Waals surface area contributed by atoms with Crippen molar-refractivity contribution in [3.63, 3.8) is 0 Å². The van der Waals surface area contributed by atoms with Gasteiger partial charge in [0.25, 0.3) is 0 Å². The highest BCUT2D eigenvalue weighted by Crippen LogP contribution is 2.45. The van der Waals surface area contributed by atoms with Gasteiger partial charge in [-0.15, -0.1) is 38.8 Å². The molecule has 0 radical (unpaired) electrons. The first-order valence-electron chi connectivity index (χ1n) is 39.4. The van der Waals surface area contributed by atoms with Crippen molar-refractivity contribution in [1.82, 2.24) is 0 Å². The van der Waals surface area contributed by atoms with Gasteiger partial charge in [0, 0.05) is 49.0 Å². The van der Waals surface area contributed by atoms with Crippen LogP contribution in [0.3, 0.4) is 0 Å². The largest absolute Gasteiger partial charge is 0.455 e. The van der Waals surface area contributed by atoms with Crippen LogP contribution in [0.25, 0.3) is 153 Å². The molecule has 0 aliphatic carbocycles. The van der Waals surface area contributed by atoms with Crippen LogP contribution in [0.2, 0.25) is 137 Å². The third-order valence-electron chi connectivity index (χ3n) is 19.5. The van der Waals surface area contributed by atoms with E-state index in [2.05, 4.69) is 400 Å². The van der Waals surface area contributed by atoms with Gasteiger partial charge < -0.3 is 13.3 Å². The fourth-order valence-corrected chi connectivity index (χ4v) is 17.9. The molecule has 0 unspecified atom stereocenters. The molecule has 113 heavy (non-hydrogen) atoms. The number of rotatable bonds is 2. The van der Waals surface area contributed by atoms with E-state index < -0.39 is 56.5 Å². The van der Waals surface area contributed by atoms with Crippen LogP contribution < -0.4 is 0 Å². The van der Waals surface area contributed by atoms with E-state index >= 15 is 0 Å². The zero-order valence-corrected chi connectivity index (χ0v) is 76.3. The Balaban J connectivity index is 0.000000143. The molecule has 0 aliphatic rings. The van der Waals surface area contributed by atoms with Crippen LogP contribution in [-0.4, -0.2) is 56.5 Å². The predicted molar refractivity (Wildman–Crippen MR) is 511 cm³/mol. The van der Waals surface area contributed by atoms with Crippen LogP contribution in [0.15, 0.2) is 213 Å². The van der Waals surface area contributed by atoms with Crippen LogP contribution in [0, 0.1) is 80.2 Å². The molecule has 554 valence electrons. The number of furan rings is 3. The van der Waals surface area contributed by atoms with Gasteiger partial charge in [0.15, 0.2) is 22.3 Å². The molecule has 0 saturated heterocycles. The Hall–Kier alpha value is -11.0. The second kappa shape index (κ2) is 29.2. The Morgan fingerprint density at radius 1 is 0.204 bits per heavy atom. The third-order valence-corrected chi connectivity index (χ3v) is 25.6. The maximum Gasteiger partial charge on any atom is 0.151 e. The van der Waals surface area contributed by atoms with Crippen molar-refractivity contribution in [3.8, 4) is 103 Å². The molecule has 0 fully saturated rings. The first kappa shape index (κ1) is 77.3. The summed E-state index contributed by atoms with van der Waals surface area (Å²) in [5.41, 5.74) is 41.4. The number of hydrogen-bond acceptors (Lipinski definition) is 3. The van der Waals surface area contributed by atoms with E-state index in [1.54, 1.807) is 0 Å². The van der Waals surface area contributed by atoms with Crippen LogP contribution in [0.5, 0.6) is 0 Å². The van der Waals surface area contributed by atoms with Crippen LogP contribution >= 0.6 is 0 Å². The summed E-state index contributed by atoms with van der Waals surface area (Å²) in [5, 5.41) is 22.1. The zero-order valence-electron chi connectivity index (χ0n) is 69.3. The van der Waals surface area contributed by atoms with Crippen LogP contribution in [0.4, 0.5) is 0 Å². The quantitative estimate of drug-likeness (QED) is 0.0984. The minimum absolute atomic E-state index is 0.825. The average Bonchev–Trinajstić information content (AvgIpc) is 1.19. The molecule has 10 heteroatoms. The van der Waals surface area contributed by atoms with Gasteiger partial charge in [-0.2, -0.15) is 0 Å². The minimum atomic E-state index is -1.66. The van der Waals surface area contributed by atoms with Crippen molar-refractivity contribution in [2.75, 3.05) is 0 Å². The first-order valence-corrected chi connectivity index (χ1v) is 63.9. The van der Waals surface area contributed by atoms with Gasteiger partial charge >= 0.3 is 0 Å². The third kappa shape index (κ3) is 17.0. The van der Waals surface area contributed by atoms with Gasteiger partial charge in [-0.05, 0) is 160 Å². The summed E-state index contributed by atoms with van der Waals surface area (Å²) in [6, 6.07) is 72.7. The fourth-order valence-electron chi connectivity index (χ4n) is 14.4. The van der Waals surface area contributed by atoms with E-state index in [9.17, 15) is 0 Å². The van der Waals surface area contributed by atoms with E-state index in [4.69, 9.17) is 13.3 Å². The Morgan fingerprint density at radius 3 is 0.973 bits per heavy atom. The van der Waals surface area contributed by atoms with Crippen molar-refractivity contribution in [1.29, 1.82) is 0 Å². The number of fused-ring (bicyclic) bond motifs is 9. The van der Waals surface area contributed by atoms with Crippen LogP contribution in [-0.2, 0) is 0 Å². The molecule has 0 amide bonds. The summed E-state index contributed by atoms with van der Waals surface area (Å²) in [7, 11) is -10.7. The molecular formula is C103H96O3Si7. The molecule has 17 aromatic rings. The van der Waals surface area contributed by atoms with E-state index in [-0.39, 0.29) is 0 Å². The SMILES string of the molecule is C[Si](C)(C)C#Cc1cc(-c2ccc3ccc4cccc5ccc2c3c45)cc2c1oc1ccc(-c3ccc4ccc5cccc6ccc3c4c56)cc12.C[Si](C)(C)C#Cc1cc(C#C[Si](C)(C)C)c2oc3c(C#C[Si](C)(C)C)cc(C#C[Si](C)(C)C)cc3c2c1.C[Si](C)(C)C#Cc1ccc2oc3c(C#C[Si](C)(C)C)cccc3c2c1. The van der Waals surface area contributed by atoms with Crippen molar-refractivity contribution in [2.45, 2.75) is 137 Å². The van der Waals surface area contributed by atoms with E-state index in [1.807, 2.05) is 18.2 Å². The molecule has 3 aromatic heterocycles. The lowest BCUT2D eigenvalue weighted by atomic mass is 9.88. The van der Waals surface area contributed by atoms with Gasteiger partial charge in [0.05, 0.1) is 22.3 Å². The lowest BCUT2D eigenvalue weighted by Crippen LogP contribution is -2.16. The topological polar surface area (TPSA) is 39.4 Å². The number of para-hydroxylation sites is 1. The van der Waals surface area contributed by atoms with Gasteiger partial charge in [0.2, 0.25) is 0 Å². The molecule has 0 atom stereocenters. The van der Waals surface area contributed by atoms with Gasteiger partial charge in [0.1, 0.15) is 67.7 Å². The van der Waals surface area contributed by atoms with Crippen molar-refractivity contribution >= 4 is 187 Å². The Labute approximate surface area is 674 Å². The molecule has 3 heterocycles. The molecule has 0 aliphatic heterocycles. The Kier molecular flexibility index (Phi) is 20.0. The standard InChI is InChI=1S/C49H32OSi.C32H40OSi4.C22H24OSi2/c1-51(2,3)25-24-36-26-37(39-20-15-34-13-11-30-7-5-9-32-17-22-41(39)48(34)46(30)32)28-43-42-27-35(18-23-44(42)50-49(36)43)38-19-14-33-12-10-29-6-4-8-31-16-21-40(38)47(33)45(29)31;1-34(2,3)17-13-25-21-27(15-19-36(7,8)9)31-29(23-25)30-24-26(14-18-35(4,5)6)22-28(32(30)33-31)16-20-37(10,11)12;1-24(2,3)14-12-17-10-11-21-20(16-17)19-9-7-8-18(22(19)23-21)13-15-25(4,5)6/h4-23,26-28H,1-3H3;21-24H,1-12H3;7-11,16H,1-6H3. The molecular weight excluding hydrogens is 1480 g/mol. The Bertz CT molecular complexity index is 7110. The normalized spacial score (nSPS) is 12.2. The maximum atomic E-state index is 6.70. The highest BCUT2D eigenvalue weighted by Gasteiger charge is 2.23. The molecule has 0 spiro atoms. The van der Waals surface area contributed by atoms with Crippen molar-refractivity contribution in [2.24, 2.45) is 0 Å². The number of benzene rings is 14. The highest BCUT2D eigenvalue weighted by molar-refractivity contribution is 6.86. The second-order valence-electron chi connectivity index (χ2n) is 37.6. The first-order chi connectivity index (χ1) is 53.3. The van der Waals surface area contributed by atoms with Gasteiger partial charge in [-0.25, -0.2) is 0 Å². The lowest BCUT2D eigenvalue weighted by Gasteiger charge is -2.15. The summed E-state index contributed by atoms with van der Waals surface area (Å²) in [4.78, 5) is 0. The summed E-state index contributed by atoms with van der Waals surface area (Å²) in [6.07, 6.45) is 0. The fraction of sp³-hybridized carbons (Fsp3) is 0.204. The summed E-state index contributed by atoms with van der Waals surface area (Å²) < 4.78 is 19.4. The maximum absolute atomic E-state index is 6.70. The summed E-state index contributed by atoms with van der Waals surface area (Å²) >= 11 is 0. The lowest BCUT2D eigenvalue weighted by molar-refractivity contribution is 0.666. The Morgan fingerprint density at radius 2 is 0.522 bits per heavy atom. The highest BCUT2D eigenvalue weighted by atomic mass is 28.3. The van der Waals surface area contributed by atoms with Gasteiger partial charge in [-0.1, -0.05) is 306 Å². The molecule has 0 bridgehead atoms. The average molecular weight is 1580 g/mol. The number of hydrogen-bond donors (Lipinski definition) is 0. The molecule has 0 N–H and O–H groups in total. The predicted octanol–water partition coefficient (Wildman–Crippen LogP) is 28.5. The van der Waals surface area contributed by atoms with E-state index in [1.165, 1.54) is 81.3 Å². The molecule has 17 rings (SSSR count). The minimum Gasteiger partial charge on any atom is -0.455 e. The smallest absolute Gasteiger partial charge is 0.151 e. The van der Waals surface area contributed by atoms with Crippen LogP contribution in [0.1, 0.15) is 38.9 Å². The molecule has 14 aromatic carbocycles. The van der Waals surface area contributed by atoms with E-state index in [0.717, 1.165) is 110 Å². The summed E-state index contributed by atoms with van der Waals surface area (Å²) in [6.45, 7) is 47.6. The zero-order chi connectivity index (χ0) is 80.1. The molecule has 3 nitrogen and oxygen atoms in total. The van der Waals surface area contributed by atoms with E-state index in [0.29, 0.717) is 0 Å². The monoisotopic (exact) mass is 1580 g/mol. The second-order valence-corrected chi connectivity index (χ2v) is 70.8.